The molecular weight excluding hydrogens is 432 g/mol. The molecule has 4 aromatic heterocycles. The van der Waals surface area contributed by atoms with E-state index in [0.29, 0.717) is 6.04 Å². The van der Waals surface area contributed by atoms with Gasteiger partial charge in [0.2, 0.25) is 0 Å². The van der Waals surface area contributed by atoms with Gasteiger partial charge in [-0.05, 0) is 50.2 Å². The van der Waals surface area contributed by atoms with E-state index in [1.807, 2.05) is 41.2 Å². The van der Waals surface area contributed by atoms with Crippen molar-refractivity contribution in [1.82, 2.24) is 34.7 Å². The van der Waals surface area contributed by atoms with Crippen LogP contribution in [0.3, 0.4) is 0 Å². The minimum Gasteiger partial charge on any atom is -0.339 e. The van der Waals surface area contributed by atoms with Crippen molar-refractivity contribution in [2.24, 2.45) is 0 Å². The van der Waals surface area contributed by atoms with Gasteiger partial charge in [0.15, 0.2) is 11.5 Å². The minimum atomic E-state index is 0.677. The van der Waals surface area contributed by atoms with E-state index in [2.05, 4.69) is 43.9 Å². The number of rotatable bonds is 6. The molecule has 2 N–H and O–H groups in total. The van der Waals surface area contributed by atoms with Gasteiger partial charge in [0.1, 0.15) is 10.7 Å². The van der Waals surface area contributed by atoms with Crippen molar-refractivity contribution in [3.8, 4) is 10.7 Å². The molecule has 0 unspecified atom stereocenters. The fourth-order valence-corrected chi connectivity index (χ4v) is 5.46. The summed E-state index contributed by atoms with van der Waals surface area (Å²) in [5.41, 5.74) is 4.79. The van der Waals surface area contributed by atoms with Crippen molar-refractivity contribution in [2.45, 2.75) is 44.7 Å². The number of hydrogen-bond acceptors (Lipinski definition) is 7. The summed E-state index contributed by atoms with van der Waals surface area (Å²) in [4.78, 5) is 11.9. The Labute approximate surface area is 195 Å². The molecule has 0 spiro atoms. The average molecular weight is 459 g/mol. The van der Waals surface area contributed by atoms with Gasteiger partial charge in [0.05, 0.1) is 23.6 Å². The highest BCUT2D eigenvalue weighted by atomic mass is 32.1. The molecule has 5 aromatic rings. The smallest absolute Gasteiger partial charge is 0.154 e. The molecule has 33 heavy (non-hydrogen) atoms. The molecule has 8 nitrogen and oxygen atoms in total. The number of anilines is 2. The number of thiazole rings is 1. The molecule has 0 atom stereocenters. The second-order valence-electron chi connectivity index (χ2n) is 8.78. The van der Waals surface area contributed by atoms with Gasteiger partial charge in [-0.15, -0.1) is 16.4 Å². The highest BCUT2D eigenvalue weighted by Crippen LogP contribution is 2.28. The first-order valence-electron chi connectivity index (χ1n) is 11.4. The van der Waals surface area contributed by atoms with Crippen LogP contribution >= 0.6 is 11.3 Å². The summed E-state index contributed by atoms with van der Waals surface area (Å²) >= 11 is 1.65. The van der Waals surface area contributed by atoms with Crippen LogP contribution in [0.1, 0.15) is 37.8 Å². The second kappa shape index (κ2) is 8.57. The maximum atomic E-state index is 4.92. The summed E-state index contributed by atoms with van der Waals surface area (Å²) in [6, 6.07) is 10.7. The summed E-state index contributed by atoms with van der Waals surface area (Å²) in [7, 11) is 2.23. The van der Waals surface area contributed by atoms with Crippen molar-refractivity contribution in [1.29, 1.82) is 0 Å². The lowest BCUT2D eigenvalue weighted by Gasteiger charge is -2.30. The van der Waals surface area contributed by atoms with Gasteiger partial charge in [0, 0.05) is 29.0 Å². The van der Waals surface area contributed by atoms with E-state index >= 15 is 0 Å². The van der Waals surface area contributed by atoms with Crippen LogP contribution in [0.2, 0.25) is 0 Å². The van der Waals surface area contributed by atoms with Crippen LogP contribution in [0.4, 0.5) is 11.5 Å². The van der Waals surface area contributed by atoms with Gasteiger partial charge < -0.3 is 5.32 Å². The Balaban J connectivity index is 1.23. The lowest BCUT2D eigenvalue weighted by atomic mass is 9.94. The number of nitrogens with zero attached hydrogens (tertiary/aromatic N) is 6. The molecule has 0 radical (unpaired) electrons. The number of fused-ring (bicyclic) bond motifs is 2. The third kappa shape index (κ3) is 4.09. The van der Waals surface area contributed by atoms with E-state index < -0.39 is 0 Å². The van der Waals surface area contributed by atoms with E-state index in [9.17, 15) is 0 Å². The summed E-state index contributed by atoms with van der Waals surface area (Å²) in [5, 5.41) is 19.4. The normalized spacial score (nSPS) is 15.1. The molecule has 4 heterocycles. The number of benzene rings is 1. The Hall–Kier alpha value is -3.30. The first-order chi connectivity index (χ1) is 16.2. The lowest BCUT2D eigenvalue weighted by molar-refractivity contribution is 0.183. The molecule has 0 amide bonds. The molecule has 9 heteroatoms. The number of imidazole rings is 1. The van der Waals surface area contributed by atoms with E-state index in [0.717, 1.165) is 51.0 Å². The predicted octanol–water partition coefficient (Wildman–Crippen LogP) is 5.24. The molecule has 168 valence electrons. The molecule has 1 fully saturated rings. The molecule has 0 aliphatic heterocycles. The topological polar surface area (TPSA) is 87.0 Å². The van der Waals surface area contributed by atoms with Gasteiger partial charge in [-0.3, -0.25) is 10.00 Å². The first-order valence-corrected chi connectivity index (χ1v) is 12.3. The van der Waals surface area contributed by atoms with Crippen molar-refractivity contribution in [2.75, 3.05) is 12.4 Å². The van der Waals surface area contributed by atoms with E-state index in [4.69, 9.17) is 10.1 Å². The maximum absolute atomic E-state index is 4.92. The zero-order valence-electron chi connectivity index (χ0n) is 18.5. The zero-order chi connectivity index (χ0) is 22.2. The van der Waals surface area contributed by atoms with Gasteiger partial charge in [-0.2, -0.15) is 5.10 Å². The Morgan fingerprint density at radius 1 is 1.15 bits per heavy atom. The Morgan fingerprint density at radius 2 is 2.06 bits per heavy atom. The van der Waals surface area contributed by atoms with Crippen LogP contribution < -0.4 is 5.32 Å². The molecule has 1 saturated carbocycles. The standard InChI is InChI=1S/C24H26N8S/c1-31(19-5-3-2-4-6-19)14-18-15-33-24(28-18)21-13-25-23-10-9-22(30-32(21)23)27-17-7-8-20-16(11-17)12-26-29-20/h7-13,15,19H,2-6,14H2,1H3,(H,26,29)(H,27,30). The van der Waals surface area contributed by atoms with Gasteiger partial charge in [-0.25, -0.2) is 14.5 Å². The predicted molar refractivity (Wildman–Crippen MR) is 132 cm³/mol. The van der Waals surface area contributed by atoms with E-state index in [1.54, 1.807) is 11.3 Å². The summed E-state index contributed by atoms with van der Waals surface area (Å²) in [6.45, 7) is 0.884. The fourth-order valence-electron chi connectivity index (χ4n) is 4.66. The Morgan fingerprint density at radius 3 is 2.97 bits per heavy atom. The largest absolute Gasteiger partial charge is 0.339 e. The van der Waals surface area contributed by atoms with Crippen LogP contribution in [0.5, 0.6) is 0 Å². The van der Waals surface area contributed by atoms with Crippen LogP contribution in [0, 0.1) is 0 Å². The minimum absolute atomic E-state index is 0.677. The number of hydrogen-bond donors (Lipinski definition) is 2. The van der Waals surface area contributed by atoms with Gasteiger partial charge in [0.25, 0.3) is 0 Å². The molecule has 0 bridgehead atoms. The number of aromatic nitrogens is 6. The van der Waals surface area contributed by atoms with Crippen molar-refractivity contribution in [3.05, 3.63) is 53.8 Å². The third-order valence-corrected chi connectivity index (χ3v) is 7.37. The average Bonchev–Trinajstić information content (AvgIpc) is 3.58. The summed E-state index contributed by atoms with van der Waals surface area (Å²) < 4.78 is 1.87. The third-order valence-electron chi connectivity index (χ3n) is 6.46. The van der Waals surface area contributed by atoms with Gasteiger partial charge in [-0.1, -0.05) is 19.3 Å². The number of aromatic amines is 1. The second-order valence-corrected chi connectivity index (χ2v) is 9.64. The molecule has 1 aliphatic carbocycles. The molecule has 1 aromatic carbocycles. The van der Waals surface area contributed by atoms with Crippen molar-refractivity contribution >= 4 is 39.4 Å². The van der Waals surface area contributed by atoms with Crippen molar-refractivity contribution < 1.29 is 0 Å². The first kappa shape index (κ1) is 20.3. The van der Waals surface area contributed by atoms with E-state index in [-0.39, 0.29) is 0 Å². The van der Waals surface area contributed by atoms with Crippen LogP contribution in [-0.4, -0.2) is 47.8 Å². The quantitative estimate of drug-likeness (QED) is 0.362. The monoisotopic (exact) mass is 458 g/mol. The SMILES string of the molecule is CN(Cc1csc(-c2cnc3ccc(Nc4ccc5[nH]ncc5c4)nn23)n1)C1CCCCC1. The summed E-state index contributed by atoms with van der Waals surface area (Å²) in [6.07, 6.45) is 10.3. The zero-order valence-corrected chi connectivity index (χ0v) is 19.3. The maximum Gasteiger partial charge on any atom is 0.154 e. The Kier molecular flexibility index (Phi) is 5.27. The van der Waals surface area contributed by atoms with Crippen LogP contribution in [0.25, 0.3) is 27.3 Å². The highest BCUT2D eigenvalue weighted by Gasteiger charge is 2.19. The molecule has 0 saturated heterocycles. The number of nitrogens with one attached hydrogen (secondary N) is 2. The number of H-pyrrole nitrogens is 1. The molecular formula is C24H26N8S. The van der Waals surface area contributed by atoms with Crippen LogP contribution in [0.15, 0.2) is 48.1 Å². The molecule has 1 aliphatic rings. The van der Waals surface area contributed by atoms with Gasteiger partial charge >= 0.3 is 0 Å². The van der Waals surface area contributed by atoms with Crippen LogP contribution in [-0.2, 0) is 6.54 Å². The Bertz CT molecular complexity index is 1390. The highest BCUT2D eigenvalue weighted by molar-refractivity contribution is 7.13. The molecule has 6 rings (SSSR count). The van der Waals surface area contributed by atoms with Crippen molar-refractivity contribution in [3.63, 3.8) is 0 Å². The summed E-state index contributed by atoms with van der Waals surface area (Å²) in [5.74, 6) is 0.749. The fraction of sp³-hybridized carbons (Fsp3) is 0.333. The van der Waals surface area contributed by atoms with E-state index in [1.165, 1.54) is 32.1 Å². The lowest BCUT2D eigenvalue weighted by Crippen LogP contribution is -2.32.